The number of hydrogen-bond donors (Lipinski definition) is 0. The summed E-state index contributed by atoms with van der Waals surface area (Å²) < 4.78 is 11.2. The number of para-hydroxylation sites is 2. The number of carbonyl (C=O) groups is 1. The Hall–Kier alpha value is -2.00. The van der Waals surface area contributed by atoms with Gasteiger partial charge in [-0.25, -0.2) is 0 Å². The number of benzene rings is 2. The second-order valence-electron chi connectivity index (χ2n) is 4.29. The zero-order valence-corrected chi connectivity index (χ0v) is 11.8. The molecule has 2 rings (SSSR count). The SMILES string of the molecule is CC(Oc1ccccc1OCc1ccccc1)C(=O)Cl. The predicted molar refractivity (Wildman–Crippen MR) is 78.2 cm³/mol. The molecule has 0 fully saturated rings. The lowest BCUT2D eigenvalue weighted by atomic mass is 10.2. The molecule has 1 unspecified atom stereocenters. The fourth-order valence-electron chi connectivity index (χ4n) is 1.64. The van der Waals surface area contributed by atoms with E-state index >= 15 is 0 Å². The van der Waals surface area contributed by atoms with E-state index in [1.165, 1.54) is 0 Å². The minimum Gasteiger partial charge on any atom is -0.485 e. The highest BCUT2D eigenvalue weighted by Gasteiger charge is 2.14. The van der Waals surface area contributed by atoms with E-state index in [0.717, 1.165) is 5.56 Å². The largest absolute Gasteiger partial charge is 0.485 e. The van der Waals surface area contributed by atoms with Crippen LogP contribution in [0.2, 0.25) is 0 Å². The van der Waals surface area contributed by atoms with Crippen LogP contribution in [0.3, 0.4) is 0 Å². The molecule has 0 aliphatic heterocycles. The van der Waals surface area contributed by atoms with Gasteiger partial charge in [0, 0.05) is 0 Å². The van der Waals surface area contributed by atoms with Crippen LogP contribution in [0, 0.1) is 0 Å². The second kappa shape index (κ2) is 6.96. The smallest absolute Gasteiger partial charge is 0.262 e. The summed E-state index contributed by atoms with van der Waals surface area (Å²) >= 11 is 5.40. The highest BCUT2D eigenvalue weighted by molar-refractivity contribution is 6.64. The minimum absolute atomic E-state index is 0.435. The molecule has 104 valence electrons. The van der Waals surface area contributed by atoms with Gasteiger partial charge in [-0.05, 0) is 36.2 Å². The quantitative estimate of drug-likeness (QED) is 0.759. The first-order chi connectivity index (χ1) is 9.66. The third-order valence-corrected chi connectivity index (χ3v) is 3.02. The minimum atomic E-state index is -0.710. The molecule has 0 bridgehead atoms. The van der Waals surface area contributed by atoms with E-state index in [1.807, 2.05) is 42.5 Å². The van der Waals surface area contributed by atoms with Crippen LogP contribution in [0.4, 0.5) is 0 Å². The van der Waals surface area contributed by atoms with Crippen molar-refractivity contribution < 1.29 is 14.3 Å². The average molecular weight is 291 g/mol. The summed E-state index contributed by atoms with van der Waals surface area (Å²) in [5.74, 6) is 1.09. The van der Waals surface area contributed by atoms with Crippen molar-refractivity contribution in [3.05, 3.63) is 60.2 Å². The van der Waals surface area contributed by atoms with Gasteiger partial charge in [-0.3, -0.25) is 4.79 Å². The molecule has 2 aromatic carbocycles. The summed E-state index contributed by atoms with van der Waals surface area (Å²) in [6.07, 6.45) is -0.710. The van der Waals surface area contributed by atoms with Gasteiger partial charge < -0.3 is 9.47 Å². The van der Waals surface area contributed by atoms with Crippen LogP contribution < -0.4 is 9.47 Å². The Kier molecular flexibility index (Phi) is 5.02. The molecule has 3 nitrogen and oxygen atoms in total. The van der Waals surface area contributed by atoms with E-state index in [1.54, 1.807) is 19.1 Å². The molecule has 0 aliphatic rings. The molecule has 4 heteroatoms. The first-order valence-corrected chi connectivity index (χ1v) is 6.66. The molecule has 0 saturated heterocycles. The van der Waals surface area contributed by atoms with E-state index in [-0.39, 0.29) is 0 Å². The predicted octanol–water partition coefficient (Wildman–Crippen LogP) is 3.80. The van der Waals surface area contributed by atoms with Gasteiger partial charge in [-0.2, -0.15) is 0 Å². The Balaban J connectivity index is 2.06. The van der Waals surface area contributed by atoms with Crippen LogP contribution in [0.1, 0.15) is 12.5 Å². The van der Waals surface area contributed by atoms with Crippen LogP contribution in [0.25, 0.3) is 0 Å². The lowest BCUT2D eigenvalue weighted by Crippen LogP contribution is -2.19. The molecular formula is C16H15ClO3. The van der Waals surface area contributed by atoms with Gasteiger partial charge in [0.1, 0.15) is 6.61 Å². The van der Waals surface area contributed by atoms with Crippen molar-refractivity contribution in [2.45, 2.75) is 19.6 Å². The Morgan fingerprint density at radius 3 is 2.30 bits per heavy atom. The Labute approximate surface area is 123 Å². The zero-order valence-electron chi connectivity index (χ0n) is 11.1. The maximum absolute atomic E-state index is 11.0. The van der Waals surface area contributed by atoms with Gasteiger partial charge in [0.15, 0.2) is 17.6 Å². The maximum atomic E-state index is 11.0. The molecule has 0 radical (unpaired) electrons. The second-order valence-corrected chi connectivity index (χ2v) is 4.66. The zero-order chi connectivity index (χ0) is 14.4. The van der Waals surface area contributed by atoms with Crippen molar-refractivity contribution in [1.29, 1.82) is 0 Å². The molecule has 0 spiro atoms. The van der Waals surface area contributed by atoms with Crippen molar-refractivity contribution >= 4 is 16.8 Å². The van der Waals surface area contributed by atoms with Crippen molar-refractivity contribution in [3.8, 4) is 11.5 Å². The summed E-state index contributed by atoms with van der Waals surface area (Å²) in [6.45, 7) is 2.04. The lowest BCUT2D eigenvalue weighted by Gasteiger charge is -2.15. The van der Waals surface area contributed by atoms with Crippen LogP contribution >= 0.6 is 11.6 Å². The van der Waals surface area contributed by atoms with Crippen molar-refractivity contribution in [1.82, 2.24) is 0 Å². The van der Waals surface area contributed by atoms with Crippen molar-refractivity contribution in [2.24, 2.45) is 0 Å². The van der Waals surface area contributed by atoms with Gasteiger partial charge in [-0.15, -0.1) is 0 Å². The van der Waals surface area contributed by atoms with Crippen molar-refractivity contribution in [3.63, 3.8) is 0 Å². The molecule has 1 atom stereocenters. The van der Waals surface area contributed by atoms with E-state index in [4.69, 9.17) is 21.1 Å². The first-order valence-electron chi connectivity index (χ1n) is 6.28. The number of carbonyl (C=O) groups excluding carboxylic acids is 1. The molecule has 20 heavy (non-hydrogen) atoms. The highest BCUT2D eigenvalue weighted by atomic mass is 35.5. The first kappa shape index (κ1) is 14.4. The summed E-state index contributed by atoms with van der Waals surface area (Å²) in [5, 5.41) is -0.539. The van der Waals surface area contributed by atoms with Crippen LogP contribution in [0.15, 0.2) is 54.6 Å². The van der Waals surface area contributed by atoms with Crippen molar-refractivity contribution in [2.75, 3.05) is 0 Å². The molecule has 0 N–H and O–H groups in total. The Bertz CT molecular complexity index is 569. The average Bonchev–Trinajstić information content (AvgIpc) is 2.47. The number of rotatable bonds is 6. The lowest BCUT2D eigenvalue weighted by molar-refractivity contribution is -0.117. The third-order valence-electron chi connectivity index (χ3n) is 2.71. The number of hydrogen-bond acceptors (Lipinski definition) is 3. The van der Waals surface area contributed by atoms with E-state index in [0.29, 0.717) is 18.1 Å². The fourth-order valence-corrected chi connectivity index (χ4v) is 1.68. The molecule has 0 aliphatic carbocycles. The van der Waals surface area contributed by atoms with Crippen LogP contribution in [-0.4, -0.2) is 11.3 Å². The van der Waals surface area contributed by atoms with E-state index < -0.39 is 11.3 Å². The number of halogens is 1. The fraction of sp³-hybridized carbons (Fsp3) is 0.188. The normalized spacial score (nSPS) is 11.7. The summed E-state index contributed by atoms with van der Waals surface area (Å²) in [7, 11) is 0. The van der Waals surface area contributed by atoms with Gasteiger partial charge in [0.05, 0.1) is 0 Å². The van der Waals surface area contributed by atoms with Gasteiger partial charge in [0.2, 0.25) is 0 Å². The third kappa shape index (κ3) is 4.00. The maximum Gasteiger partial charge on any atom is 0.262 e. The van der Waals surface area contributed by atoms with Crippen LogP contribution in [0.5, 0.6) is 11.5 Å². The Morgan fingerprint density at radius 2 is 1.65 bits per heavy atom. The molecule has 0 heterocycles. The van der Waals surface area contributed by atoms with E-state index in [9.17, 15) is 4.79 Å². The summed E-state index contributed by atoms with van der Waals surface area (Å²) in [4.78, 5) is 11.0. The van der Waals surface area contributed by atoms with Gasteiger partial charge in [-0.1, -0.05) is 42.5 Å². The molecular weight excluding hydrogens is 276 g/mol. The highest BCUT2D eigenvalue weighted by Crippen LogP contribution is 2.28. The van der Waals surface area contributed by atoms with Gasteiger partial charge in [0.25, 0.3) is 5.24 Å². The molecule has 2 aromatic rings. The monoisotopic (exact) mass is 290 g/mol. The molecule has 0 amide bonds. The topological polar surface area (TPSA) is 35.5 Å². The van der Waals surface area contributed by atoms with E-state index in [2.05, 4.69) is 0 Å². The standard InChI is InChI=1S/C16H15ClO3/c1-12(16(17)18)20-15-10-6-5-9-14(15)19-11-13-7-3-2-4-8-13/h2-10,12H,11H2,1H3. The Morgan fingerprint density at radius 1 is 1.05 bits per heavy atom. The molecule has 0 aromatic heterocycles. The summed E-state index contributed by atoms with van der Waals surface area (Å²) in [5.41, 5.74) is 1.06. The molecule has 0 saturated carbocycles. The van der Waals surface area contributed by atoms with Crippen LogP contribution in [-0.2, 0) is 11.4 Å². The summed E-state index contributed by atoms with van der Waals surface area (Å²) in [6, 6.07) is 17.0. The van der Waals surface area contributed by atoms with Gasteiger partial charge >= 0.3 is 0 Å². The number of ether oxygens (including phenoxy) is 2.